The molecule has 3 rings (SSSR count). The lowest BCUT2D eigenvalue weighted by molar-refractivity contribution is 0.0366. The minimum absolute atomic E-state index is 0.300. The summed E-state index contributed by atoms with van der Waals surface area (Å²) in [5.41, 5.74) is 0.980. The van der Waals surface area contributed by atoms with Gasteiger partial charge in [0.05, 0.1) is 12.2 Å². The van der Waals surface area contributed by atoms with E-state index >= 15 is 0 Å². The molecule has 0 aliphatic carbocycles. The largest absolute Gasteiger partial charge is 0.443 e. The Labute approximate surface area is 144 Å². The fourth-order valence-electron chi connectivity index (χ4n) is 2.36. The van der Waals surface area contributed by atoms with Crippen LogP contribution < -0.4 is 0 Å². The molecule has 0 unspecified atom stereocenters. The number of rotatable bonds is 1. The average Bonchev–Trinajstić information content (AvgIpc) is 2.89. The normalized spacial score (nSPS) is 14.8. The van der Waals surface area contributed by atoms with Crippen LogP contribution in [0.2, 0.25) is 0 Å². The zero-order valence-electron chi connectivity index (χ0n) is 13.9. The Morgan fingerprint density at radius 3 is 2.67 bits per heavy atom. The second-order valence-corrected chi connectivity index (χ2v) is 9.97. The standard InChI is InChI=1S/C16H18N2O4S2/c1-16(2,3)22-15(19)18-8-11-12(17-9-18)6-5-10-7-13(23-14(10)11)24(4,20)21/h5-7,9H,8H2,1-4H3. The number of carbonyl (C=O) groups is 1. The van der Waals surface area contributed by atoms with Gasteiger partial charge in [-0.3, -0.25) is 4.90 Å². The van der Waals surface area contributed by atoms with Gasteiger partial charge < -0.3 is 4.74 Å². The van der Waals surface area contributed by atoms with Crippen molar-refractivity contribution in [1.82, 2.24) is 4.90 Å². The first-order valence-corrected chi connectivity index (χ1v) is 10.0. The van der Waals surface area contributed by atoms with Crippen molar-refractivity contribution in [1.29, 1.82) is 0 Å². The van der Waals surface area contributed by atoms with Gasteiger partial charge in [0.1, 0.15) is 16.1 Å². The molecule has 2 heterocycles. The van der Waals surface area contributed by atoms with Crippen LogP contribution in [0.5, 0.6) is 0 Å². The maximum atomic E-state index is 12.2. The number of aliphatic imine (C=N–C) groups is 1. The molecule has 24 heavy (non-hydrogen) atoms. The average molecular weight is 366 g/mol. The van der Waals surface area contributed by atoms with Crippen molar-refractivity contribution in [3.8, 4) is 0 Å². The predicted molar refractivity (Wildman–Crippen MR) is 94.9 cm³/mol. The summed E-state index contributed by atoms with van der Waals surface area (Å²) in [6.07, 6.45) is 2.16. The third-order valence-corrected chi connectivity index (χ3v) is 6.41. The second kappa shape index (κ2) is 5.56. The molecule has 1 aliphatic rings. The van der Waals surface area contributed by atoms with E-state index in [2.05, 4.69) is 4.99 Å². The number of hydrogen-bond acceptors (Lipinski definition) is 6. The number of thiophene rings is 1. The van der Waals surface area contributed by atoms with Crippen molar-refractivity contribution in [2.45, 2.75) is 37.1 Å². The van der Waals surface area contributed by atoms with Gasteiger partial charge in [0.15, 0.2) is 9.84 Å². The van der Waals surface area contributed by atoms with Gasteiger partial charge in [-0.25, -0.2) is 18.2 Å². The van der Waals surface area contributed by atoms with Crippen LogP contribution in [0, 0.1) is 0 Å². The molecule has 2 aromatic rings. The van der Waals surface area contributed by atoms with E-state index in [9.17, 15) is 13.2 Å². The molecule has 8 heteroatoms. The van der Waals surface area contributed by atoms with Crippen LogP contribution in [0.25, 0.3) is 10.1 Å². The summed E-state index contributed by atoms with van der Waals surface area (Å²) >= 11 is 1.21. The number of amides is 1. The SMILES string of the molecule is CC(C)(C)OC(=O)N1C=Nc2ccc3cc(S(C)(=O)=O)sc3c2C1. The smallest absolute Gasteiger partial charge is 0.415 e. The number of fused-ring (bicyclic) bond motifs is 3. The Hall–Kier alpha value is -1.93. The highest BCUT2D eigenvalue weighted by Gasteiger charge is 2.26. The molecule has 0 atom stereocenters. The first-order chi connectivity index (χ1) is 11.0. The van der Waals surface area contributed by atoms with E-state index in [1.54, 1.807) is 26.8 Å². The summed E-state index contributed by atoms with van der Waals surface area (Å²) in [6, 6.07) is 5.34. The molecule has 0 bridgehead atoms. The van der Waals surface area contributed by atoms with Crippen LogP contribution in [-0.2, 0) is 21.1 Å². The topological polar surface area (TPSA) is 76.0 Å². The molecule has 6 nitrogen and oxygen atoms in total. The monoisotopic (exact) mass is 366 g/mol. The molecule has 0 N–H and O–H groups in total. The number of ether oxygens (including phenoxy) is 1. The summed E-state index contributed by atoms with van der Waals surface area (Å²) in [7, 11) is -3.27. The van der Waals surface area contributed by atoms with Crippen LogP contribution in [0.3, 0.4) is 0 Å². The summed E-state index contributed by atoms with van der Waals surface area (Å²) < 4.78 is 30.1. The second-order valence-electron chi connectivity index (χ2n) is 6.67. The third-order valence-electron chi connectivity index (χ3n) is 3.40. The van der Waals surface area contributed by atoms with Crippen LogP contribution in [0.15, 0.2) is 27.4 Å². The van der Waals surface area contributed by atoms with E-state index in [-0.39, 0.29) is 0 Å². The van der Waals surface area contributed by atoms with Gasteiger partial charge >= 0.3 is 6.09 Å². The summed E-state index contributed by atoms with van der Waals surface area (Å²) in [5, 5.41) is 0.834. The highest BCUT2D eigenvalue weighted by Crippen LogP contribution is 2.38. The fourth-order valence-corrected chi connectivity index (χ4v) is 4.48. The van der Waals surface area contributed by atoms with Crippen molar-refractivity contribution < 1.29 is 17.9 Å². The molecule has 1 aromatic carbocycles. The van der Waals surface area contributed by atoms with Crippen molar-refractivity contribution in [2.75, 3.05) is 6.26 Å². The lowest BCUT2D eigenvalue weighted by Crippen LogP contribution is -2.36. The summed E-state index contributed by atoms with van der Waals surface area (Å²) in [6.45, 7) is 5.70. The minimum Gasteiger partial charge on any atom is -0.443 e. The molecule has 0 spiro atoms. The Kier molecular flexibility index (Phi) is 3.92. The highest BCUT2D eigenvalue weighted by atomic mass is 32.2. The van der Waals surface area contributed by atoms with E-state index in [4.69, 9.17) is 4.74 Å². The lowest BCUT2D eigenvalue weighted by atomic mass is 10.1. The third kappa shape index (κ3) is 3.29. The quantitative estimate of drug-likeness (QED) is 0.771. The highest BCUT2D eigenvalue weighted by molar-refractivity contribution is 7.93. The number of benzene rings is 1. The fraction of sp³-hybridized carbons (Fsp3) is 0.375. The van der Waals surface area contributed by atoms with E-state index < -0.39 is 21.5 Å². The summed E-state index contributed by atoms with van der Waals surface area (Å²) in [5.74, 6) is 0. The van der Waals surface area contributed by atoms with E-state index in [1.807, 2.05) is 12.1 Å². The molecule has 0 saturated carbocycles. The molecule has 0 fully saturated rings. The van der Waals surface area contributed by atoms with E-state index in [0.717, 1.165) is 21.3 Å². The van der Waals surface area contributed by atoms with Gasteiger partial charge in [-0.1, -0.05) is 6.07 Å². The van der Waals surface area contributed by atoms with E-state index in [0.29, 0.717) is 10.8 Å². The van der Waals surface area contributed by atoms with Crippen LogP contribution in [0.4, 0.5) is 10.5 Å². The number of hydrogen-bond donors (Lipinski definition) is 0. The molecule has 0 radical (unpaired) electrons. The Morgan fingerprint density at radius 2 is 2.04 bits per heavy atom. The van der Waals surface area contributed by atoms with Crippen LogP contribution in [0.1, 0.15) is 26.3 Å². The van der Waals surface area contributed by atoms with E-state index in [1.165, 1.54) is 28.8 Å². The van der Waals surface area contributed by atoms with Crippen LogP contribution in [-0.4, -0.2) is 37.6 Å². The van der Waals surface area contributed by atoms with Gasteiger partial charge in [-0.2, -0.15) is 0 Å². The zero-order valence-corrected chi connectivity index (χ0v) is 15.5. The lowest BCUT2D eigenvalue weighted by Gasteiger charge is -2.27. The van der Waals surface area contributed by atoms with Gasteiger partial charge in [-0.15, -0.1) is 11.3 Å². The van der Waals surface area contributed by atoms with Gasteiger partial charge in [0.2, 0.25) is 0 Å². The molecule has 1 aliphatic heterocycles. The Bertz CT molecular complexity index is 952. The van der Waals surface area contributed by atoms with Crippen LogP contribution >= 0.6 is 11.3 Å². The Balaban J connectivity index is 2.00. The zero-order chi connectivity index (χ0) is 17.7. The van der Waals surface area contributed by atoms with Crippen molar-refractivity contribution in [2.24, 2.45) is 4.99 Å². The van der Waals surface area contributed by atoms with Gasteiger partial charge in [0.25, 0.3) is 0 Å². The van der Waals surface area contributed by atoms with Gasteiger partial charge in [-0.05, 0) is 38.3 Å². The molecule has 1 aromatic heterocycles. The number of nitrogens with zero attached hydrogens (tertiary/aromatic N) is 2. The first-order valence-electron chi connectivity index (χ1n) is 7.34. The van der Waals surface area contributed by atoms with Crippen molar-refractivity contribution in [3.63, 3.8) is 0 Å². The molecule has 128 valence electrons. The molecular formula is C16H18N2O4S2. The van der Waals surface area contributed by atoms with Crippen molar-refractivity contribution in [3.05, 3.63) is 23.8 Å². The Morgan fingerprint density at radius 1 is 1.33 bits per heavy atom. The van der Waals surface area contributed by atoms with Crippen molar-refractivity contribution >= 4 is 49.4 Å². The molecule has 0 saturated heterocycles. The molecule has 1 amide bonds. The maximum absolute atomic E-state index is 12.2. The predicted octanol–water partition coefficient (Wildman–Crippen LogP) is 3.72. The number of carbonyl (C=O) groups excluding carboxylic acids is 1. The van der Waals surface area contributed by atoms with Gasteiger partial charge in [0, 0.05) is 16.5 Å². The summed E-state index contributed by atoms with van der Waals surface area (Å²) in [4.78, 5) is 17.9. The minimum atomic E-state index is -3.27. The first kappa shape index (κ1) is 16.9. The number of sulfone groups is 1. The maximum Gasteiger partial charge on any atom is 0.415 e. The molecular weight excluding hydrogens is 348 g/mol.